The number of pyridine rings is 1. The molecule has 0 radical (unpaired) electrons. The Bertz CT molecular complexity index is 1210. The molecule has 1 saturated carbocycles. The molecule has 35 heavy (non-hydrogen) atoms. The maximum Gasteiger partial charge on any atom is 0.449 e. The number of carbonyl (C=O) groups is 1. The largest absolute Gasteiger partial charge is 0.449 e. The van der Waals surface area contributed by atoms with Gasteiger partial charge in [0.05, 0.1) is 11.2 Å². The standard InChI is InChI=1S/C26H30F3N5O/c1-33-23-12-15-34(16-22(23)32-25(33)26(27,28)29)14-11-17-7-9-18(10-8-17)31-24(35)20-4-2-6-21-19(20)5-3-13-30-21/h2-6,13,17-18H,7-12,14-16H2,1H3,(H,31,35). The van der Waals surface area contributed by atoms with E-state index < -0.39 is 12.0 Å². The number of halogens is 3. The van der Waals surface area contributed by atoms with E-state index >= 15 is 0 Å². The van der Waals surface area contributed by atoms with Crippen LogP contribution in [0.3, 0.4) is 0 Å². The number of benzene rings is 1. The Hall–Kier alpha value is -2.94. The lowest BCUT2D eigenvalue weighted by atomic mass is 9.84. The zero-order chi connectivity index (χ0) is 24.6. The highest BCUT2D eigenvalue weighted by atomic mass is 19.4. The van der Waals surface area contributed by atoms with Crippen molar-refractivity contribution >= 4 is 16.8 Å². The number of nitrogens with one attached hydrogen (secondary N) is 1. The van der Waals surface area contributed by atoms with Crippen molar-refractivity contribution in [3.63, 3.8) is 0 Å². The van der Waals surface area contributed by atoms with Gasteiger partial charge in [0, 0.05) is 55.4 Å². The van der Waals surface area contributed by atoms with E-state index in [1.54, 1.807) is 6.20 Å². The van der Waals surface area contributed by atoms with Crippen LogP contribution < -0.4 is 5.32 Å². The number of hydrogen-bond acceptors (Lipinski definition) is 4. The average molecular weight is 486 g/mol. The summed E-state index contributed by atoms with van der Waals surface area (Å²) in [7, 11) is 1.46. The molecule has 3 heterocycles. The third kappa shape index (κ3) is 5.05. The van der Waals surface area contributed by atoms with E-state index in [1.165, 1.54) is 11.6 Å². The number of imidazole rings is 1. The summed E-state index contributed by atoms with van der Waals surface area (Å²) in [5.41, 5.74) is 2.73. The van der Waals surface area contributed by atoms with E-state index in [1.807, 2.05) is 30.3 Å². The molecule has 2 aromatic heterocycles. The summed E-state index contributed by atoms with van der Waals surface area (Å²) >= 11 is 0. The second-order valence-electron chi connectivity index (χ2n) is 9.77. The molecule has 0 saturated heterocycles. The van der Waals surface area contributed by atoms with Crippen molar-refractivity contribution in [1.82, 2.24) is 24.8 Å². The number of amides is 1. The van der Waals surface area contributed by atoms with Gasteiger partial charge in [-0.05, 0) is 62.8 Å². The summed E-state index contributed by atoms with van der Waals surface area (Å²) in [6, 6.07) is 9.54. The summed E-state index contributed by atoms with van der Waals surface area (Å²) < 4.78 is 40.7. The number of nitrogens with zero attached hydrogens (tertiary/aromatic N) is 4. The van der Waals surface area contributed by atoms with Crippen LogP contribution in [0.2, 0.25) is 0 Å². The SMILES string of the molecule is Cn1c(C(F)(F)F)nc2c1CCN(CCC1CCC(NC(=O)c3cccc4ncccc34)CC1)C2. The number of alkyl halides is 3. The third-order valence-electron chi connectivity index (χ3n) is 7.51. The molecule has 0 bridgehead atoms. The summed E-state index contributed by atoms with van der Waals surface area (Å²) in [5.74, 6) is -0.282. The van der Waals surface area contributed by atoms with Crippen LogP contribution in [0.25, 0.3) is 10.9 Å². The lowest BCUT2D eigenvalue weighted by Crippen LogP contribution is -2.38. The van der Waals surface area contributed by atoms with Crippen LogP contribution in [-0.4, -0.2) is 44.5 Å². The van der Waals surface area contributed by atoms with Crippen LogP contribution in [-0.2, 0) is 26.2 Å². The zero-order valence-corrected chi connectivity index (χ0v) is 19.8. The Morgan fingerprint density at radius 1 is 1.14 bits per heavy atom. The van der Waals surface area contributed by atoms with Crippen LogP contribution in [0.1, 0.15) is 59.7 Å². The molecule has 1 aliphatic heterocycles. The Balaban J connectivity index is 1.10. The maximum absolute atomic E-state index is 13.2. The lowest BCUT2D eigenvalue weighted by Gasteiger charge is -2.32. The summed E-state index contributed by atoms with van der Waals surface area (Å²) in [6.45, 7) is 2.10. The number of aromatic nitrogens is 3. The topological polar surface area (TPSA) is 63.1 Å². The van der Waals surface area contributed by atoms with Crippen molar-refractivity contribution in [2.75, 3.05) is 13.1 Å². The molecule has 1 amide bonds. The lowest BCUT2D eigenvalue weighted by molar-refractivity contribution is -0.146. The monoisotopic (exact) mass is 485 g/mol. The van der Waals surface area contributed by atoms with Gasteiger partial charge in [-0.2, -0.15) is 13.2 Å². The van der Waals surface area contributed by atoms with Crippen molar-refractivity contribution in [2.45, 2.75) is 57.3 Å². The molecule has 0 atom stereocenters. The Labute approximate surface area is 202 Å². The van der Waals surface area contributed by atoms with E-state index in [0.29, 0.717) is 35.8 Å². The van der Waals surface area contributed by atoms with Crippen LogP contribution in [0.15, 0.2) is 36.5 Å². The molecule has 3 aromatic rings. The number of carbonyl (C=O) groups excluding carboxylic acids is 1. The Morgan fingerprint density at radius 3 is 2.71 bits per heavy atom. The molecule has 5 rings (SSSR count). The molecule has 186 valence electrons. The smallest absolute Gasteiger partial charge is 0.349 e. The minimum absolute atomic E-state index is 0.0511. The van der Waals surface area contributed by atoms with E-state index in [9.17, 15) is 18.0 Å². The van der Waals surface area contributed by atoms with Gasteiger partial charge < -0.3 is 9.88 Å². The Morgan fingerprint density at radius 2 is 1.94 bits per heavy atom. The molecule has 9 heteroatoms. The van der Waals surface area contributed by atoms with Crippen molar-refractivity contribution in [3.05, 3.63) is 59.3 Å². The first kappa shape index (κ1) is 23.8. The number of fused-ring (bicyclic) bond motifs is 2. The normalized spacial score (nSPS) is 21.1. The molecule has 6 nitrogen and oxygen atoms in total. The number of hydrogen-bond donors (Lipinski definition) is 1. The fraction of sp³-hybridized carbons (Fsp3) is 0.500. The highest BCUT2D eigenvalue weighted by Crippen LogP contribution is 2.32. The van der Waals surface area contributed by atoms with Gasteiger partial charge in [0.15, 0.2) is 0 Å². The number of rotatable bonds is 5. The predicted molar refractivity (Wildman–Crippen MR) is 127 cm³/mol. The van der Waals surface area contributed by atoms with Gasteiger partial charge in [-0.3, -0.25) is 14.7 Å². The molecule has 1 aromatic carbocycles. The van der Waals surface area contributed by atoms with Crippen LogP contribution in [0.4, 0.5) is 13.2 Å². The fourth-order valence-corrected chi connectivity index (χ4v) is 5.55. The van der Waals surface area contributed by atoms with Crippen LogP contribution in [0.5, 0.6) is 0 Å². The maximum atomic E-state index is 13.2. The summed E-state index contributed by atoms with van der Waals surface area (Å²) in [6.07, 6.45) is 2.89. The van der Waals surface area contributed by atoms with E-state index in [4.69, 9.17) is 0 Å². The Kier molecular flexibility index (Phi) is 6.53. The van der Waals surface area contributed by atoms with Crippen molar-refractivity contribution in [3.8, 4) is 0 Å². The highest BCUT2D eigenvalue weighted by Gasteiger charge is 2.38. The van der Waals surface area contributed by atoms with Gasteiger partial charge in [-0.25, -0.2) is 4.98 Å². The zero-order valence-electron chi connectivity index (χ0n) is 19.8. The van der Waals surface area contributed by atoms with Crippen molar-refractivity contribution in [2.24, 2.45) is 13.0 Å². The van der Waals surface area contributed by atoms with Crippen molar-refractivity contribution < 1.29 is 18.0 Å². The van der Waals surface area contributed by atoms with E-state index in [2.05, 4.69) is 20.2 Å². The molecule has 2 aliphatic rings. The summed E-state index contributed by atoms with van der Waals surface area (Å²) in [4.78, 5) is 23.4. The molecule has 0 spiro atoms. The van der Waals surface area contributed by atoms with Crippen molar-refractivity contribution in [1.29, 1.82) is 0 Å². The predicted octanol–water partition coefficient (Wildman–Crippen LogP) is 4.72. The minimum atomic E-state index is -4.42. The second-order valence-corrected chi connectivity index (χ2v) is 9.77. The van der Waals surface area contributed by atoms with Gasteiger partial charge in [-0.1, -0.05) is 12.1 Å². The molecular formula is C26H30F3N5O. The molecule has 1 N–H and O–H groups in total. The molecule has 1 aliphatic carbocycles. The van der Waals surface area contributed by atoms with E-state index in [0.717, 1.165) is 56.1 Å². The van der Waals surface area contributed by atoms with Gasteiger partial charge >= 0.3 is 6.18 Å². The van der Waals surface area contributed by atoms with E-state index in [-0.39, 0.29) is 11.9 Å². The van der Waals surface area contributed by atoms with Crippen LogP contribution in [0, 0.1) is 5.92 Å². The minimum Gasteiger partial charge on any atom is -0.349 e. The molecule has 0 unspecified atom stereocenters. The average Bonchev–Trinajstić information content (AvgIpc) is 3.19. The molecular weight excluding hydrogens is 455 g/mol. The van der Waals surface area contributed by atoms with Gasteiger partial charge in [0.2, 0.25) is 5.82 Å². The second kappa shape index (κ2) is 9.60. The molecule has 1 fully saturated rings. The van der Waals surface area contributed by atoms with Gasteiger partial charge in [0.25, 0.3) is 5.91 Å². The van der Waals surface area contributed by atoms with Gasteiger partial charge in [0.1, 0.15) is 0 Å². The third-order valence-corrected chi connectivity index (χ3v) is 7.51. The van der Waals surface area contributed by atoms with Gasteiger partial charge in [-0.15, -0.1) is 0 Å². The first-order chi connectivity index (χ1) is 16.8. The first-order valence-corrected chi connectivity index (χ1v) is 12.3. The fourth-order valence-electron chi connectivity index (χ4n) is 5.55. The quantitative estimate of drug-likeness (QED) is 0.568. The van der Waals surface area contributed by atoms with Crippen LogP contribution >= 0.6 is 0 Å². The highest BCUT2D eigenvalue weighted by molar-refractivity contribution is 6.06. The summed E-state index contributed by atoms with van der Waals surface area (Å²) in [5, 5.41) is 4.07. The first-order valence-electron chi connectivity index (χ1n) is 12.3.